The van der Waals surface area contributed by atoms with Crippen molar-refractivity contribution in [2.45, 2.75) is 25.8 Å². The van der Waals surface area contributed by atoms with Crippen LogP contribution >= 0.6 is 11.3 Å². The Labute approximate surface area is 207 Å². The van der Waals surface area contributed by atoms with E-state index >= 15 is 0 Å². The van der Waals surface area contributed by atoms with Gasteiger partial charge in [0.1, 0.15) is 10.3 Å². The number of ether oxygens (including phenoxy) is 1. The van der Waals surface area contributed by atoms with Crippen molar-refractivity contribution in [1.82, 2.24) is 15.2 Å². The Hall–Kier alpha value is -3.49. The van der Waals surface area contributed by atoms with Crippen LogP contribution in [0.5, 0.6) is 5.75 Å². The van der Waals surface area contributed by atoms with Crippen LogP contribution in [0.15, 0.2) is 59.4 Å². The van der Waals surface area contributed by atoms with Gasteiger partial charge in [-0.15, -0.1) is 11.3 Å². The summed E-state index contributed by atoms with van der Waals surface area (Å²) in [6.45, 7) is 2.40. The van der Waals surface area contributed by atoms with Crippen LogP contribution in [0.2, 0.25) is 0 Å². The second-order valence-corrected chi connectivity index (χ2v) is 9.28. The monoisotopic (exact) mass is 491 g/mol. The predicted molar refractivity (Wildman–Crippen MR) is 141 cm³/mol. The number of hydrogen-bond acceptors (Lipinski definition) is 6. The Morgan fingerprint density at radius 3 is 2.31 bits per heavy atom. The Kier molecular flexibility index (Phi) is 7.94. The highest BCUT2D eigenvalue weighted by molar-refractivity contribution is 7.22. The average Bonchev–Trinajstić information content (AvgIpc) is 3.32. The molecule has 0 aliphatic carbocycles. The summed E-state index contributed by atoms with van der Waals surface area (Å²) in [6.07, 6.45) is 4.22. The summed E-state index contributed by atoms with van der Waals surface area (Å²) < 4.78 is 7.57. The number of methoxy groups -OCH3 is 1. The van der Waals surface area contributed by atoms with E-state index in [1.54, 1.807) is 30.3 Å². The van der Waals surface area contributed by atoms with Gasteiger partial charge in [-0.1, -0.05) is 55.0 Å². The Balaban J connectivity index is 0.000000421. The Morgan fingerprint density at radius 2 is 1.71 bits per heavy atom. The van der Waals surface area contributed by atoms with Gasteiger partial charge in [-0.25, -0.2) is 0 Å². The van der Waals surface area contributed by atoms with E-state index in [0.717, 1.165) is 5.39 Å². The largest absolute Gasteiger partial charge is 0.494 e. The van der Waals surface area contributed by atoms with Gasteiger partial charge in [0, 0.05) is 18.0 Å². The van der Waals surface area contributed by atoms with Crippen molar-refractivity contribution < 1.29 is 14.3 Å². The number of pyridine rings is 1. The molecular formula is C27H29N3O4S. The summed E-state index contributed by atoms with van der Waals surface area (Å²) in [5.74, 6) is -0.252. The molecule has 1 saturated heterocycles. The lowest BCUT2D eigenvalue weighted by Crippen LogP contribution is -2.25. The highest BCUT2D eigenvalue weighted by Gasteiger charge is 2.25. The van der Waals surface area contributed by atoms with Crippen molar-refractivity contribution in [3.63, 3.8) is 0 Å². The normalized spacial score (nSPS) is 13.2. The molecule has 1 aliphatic rings. The first-order valence-corrected chi connectivity index (χ1v) is 12.5. The minimum atomic E-state index is -0.355. The number of para-hydroxylation sites is 1. The fourth-order valence-electron chi connectivity index (χ4n) is 4.22. The van der Waals surface area contributed by atoms with E-state index in [9.17, 15) is 14.4 Å². The van der Waals surface area contributed by atoms with Gasteiger partial charge < -0.3 is 15.4 Å². The van der Waals surface area contributed by atoms with E-state index in [1.165, 1.54) is 62.4 Å². The van der Waals surface area contributed by atoms with E-state index < -0.39 is 0 Å². The molecule has 35 heavy (non-hydrogen) atoms. The molecule has 8 heteroatoms. The molecule has 2 N–H and O–H groups in total. The molecule has 1 amide bonds. The number of hydrogen-bond donors (Lipinski definition) is 2. The van der Waals surface area contributed by atoms with Crippen LogP contribution in [-0.4, -0.2) is 43.5 Å². The first-order chi connectivity index (χ1) is 17.1. The number of amides is 1. The number of rotatable bonds is 5. The van der Waals surface area contributed by atoms with Crippen molar-refractivity contribution in [2.24, 2.45) is 0 Å². The fourth-order valence-corrected chi connectivity index (χ4v) is 5.46. The SMILES string of the molecule is C1CCNCC1.CNC(=O)c1sc2c(c1OC)c(=O)n(CC(=O)c1ccccc1)c1ccccc21. The molecule has 2 aromatic carbocycles. The third-order valence-electron chi connectivity index (χ3n) is 6.00. The lowest BCUT2D eigenvalue weighted by molar-refractivity contribution is 0.0959. The molecule has 0 radical (unpaired) electrons. The van der Waals surface area contributed by atoms with Crippen molar-refractivity contribution in [2.75, 3.05) is 27.2 Å². The number of ketones is 1. The minimum absolute atomic E-state index is 0.104. The number of benzene rings is 2. The van der Waals surface area contributed by atoms with Crippen LogP contribution in [0, 0.1) is 0 Å². The number of nitrogens with zero attached hydrogens (tertiary/aromatic N) is 1. The lowest BCUT2D eigenvalue weighted by Gasteiger charge is -2.11. The molecule has 0 unspecified atom stereocenters. The molecular weight excluding hydrogens is 462 g/mol. The number of aromatic nitrogens is 1. The van der Waals surface area contributed by atoms with Crippen LogP contribution in [-0.2, 0) is 6.54 Å². The van der Waals surface area contributed by atoms with Gasteiger partial charge in [-0.05, 0) is 32.0 Å². The van der Waals surface area contributed by atoms with Gasteiger partial charge in [0.25, 0.3) is 11.5 Å². The standard InChI is InChI=1S/C22H18N2O4S.C5H11N/c1-23-21(26)20-18(28-2)17-19(29-20)14-10-6-7-11-15(14)24(22(17)27)12-16(25)13-8-4-3-5-9-13;1-2-4-6-5-3-1/h3-11H,12H2,1-2H3,(H,23,26);6H,1-5H2. The first-order valence-electron chi connectivity index (χ1n) is 11.7. The quantitative estimate of drug-likeness (QED) is 0.408. The van der Waals surface area contributed by atoms with Crippen molar-refractivity contribution in [3.8, 4) is 5.75 Å². The van der Waals surface area contributed by atoms with Crippen LogP contribution < -0.4 is 20.9 Å². The Morgan fingerprint density at radius 1 is 1.03 bits per heavy atom. The molecule has 7 nitrogen and oxygen atoms in total. The first kappa shape index (κ1) is 24.6. The molecule has 0 atom stereocenters. The highest BCUT2D eigenvalue weighted by Crippen LogP contribution is 2.39. The molecule has 182 valence electrons. The second kappa shape index (κ2) is 11.3. The summed E-state index contributed by atoms with van der Waals surface area (Å²) in [5.41, 5.74) is 0.819. The summed E-state index contributed by atoms with van der Waals surface area (Å²) in [7, 11) is 2.96. The zero-order valence-electron chi connectivity index (χ0n) is 19.9. The molecule has 3 heterocycles. The number of thiophene rings is 1. The molecule has 5 rings (SSSR count). The van der Waals surface area contributed by atoms with Crippen LogP contribution in [0.3, 0.4) is 0 Å². The number of carbonyl (C=O) groups is 2. The maximum absolute atomic E-state index is 13.4. The number of piperidine rings is 1. The van der Waals surface area contributed by atoms with Crippen molar-refractivity contribution in [1.29, 1.82) is 0 Å². The minimum Gasteiger partial charge on any atom is -0.494 e. The fraction of sp³-hybridized carbons (Fsp3) is 0.296. The molecule has 0 spiro atoms. The molecule has 1 fully saturated rings. The molecule has 1 aliphatic heterocycles. The van der Waals surface area contributed by atoms with Gasteiger partial charge in [0.15, 0.2) is 11.5 Å². The second-order valence-electron chi connectivity index (χ2n) is 8.26. The lowest BCUT2D eigenvalue weighted by atomic mass is 10.1. The van der Waals surface area contributed by atoms with Gasteiger partial charge in [0.05, 0.1) is 23.9 Å². The van der Waals surface area contributed by atoms with Crippen LogP contribution in [0.1, 0.15) is 39.3 Å². The number of nitrogens with one attached hydrogen (secondary N) is 2. The van der Waals surface area contributed by atoms with Crippen molar-refractivity contribution >= 4 is 44.0 Å². The number of carbonyl (C=O) groups excluding carboxylic acids is 2. The molecule has 0 bridgehead atoms. The van der Waals surface area contributed by atoms with Crippen LogP contribution in [0.25, 0.3) is 21.0 Å². The Bertz CT molecular complexity index is 1390. The van der Waals surface area contributed by atoms with Crippen LogP contribution in [0.4, 0.5) is 0 Å². The number of Topliss-reactive ketones (excluding diaryl/α,β-unsaturated/α-hetero) is 1. The zero-order valence-corrected chi connectivity index (χ0v) is 20.7. The number of fused-ring (bicyclic) bond motifs is 3. The molecule has 2 aromatic heterocycles. The van der Waals surface area contributed by atoms with E-state index in [1.807, 2.05) is 24.3 Å². The summed E-state index contributed by atoms with van der Waals surface area (Å²) in [5, 5.41) is 6.97. The smallest absolute Gasteiger partial charge is 0.264 e. The summed E-state index contributed by atoms with van der Waals surface area (Å²) >= 11 is 1.21. The summed E-state index contributed by atoms with van der Waals surface area (Å²) in [4.78, 5) is 38.9. The van der Waals surface area contributed by atoms with Crippen molar-refractivity contribution in [3.05, 3.63) is 75.4 Å². The van der Waals surface area contributed by atoms with Gasteiger partial charge >= 0.3 is 0 Å². The molecule has 4 aromatic rings. The average molecular weight is 492 g/mol. The zero-order chi connectivity index (χ0) is 24.8. The third-order valence-corrected chi connectivity index (χ3v) is 7.21. The molecule has 0 saturated carbocycles. The van der Waals surface area contributed by atoms with Gasteiger partial charge in [-0.3, -0.25) is 19.0 Å². The van der Waals surface area contributed by atoms with Gasteiger partial charge in [-0.2, -0.15) is 0 Å². The van der Waals surface area contributed by atoms with E-state index in [-0.39, 0.29) is 29.5 Å². The maximum atomic E-state index is 13.4. The topological polar surface area (TPSA) is 89.4 Å². The maximum Gasteiger partial charge on any atom is 0.264 e. The van der Waals surface area contributed by atoms with Gasteiger partial charge in [0.2, 0.25) is 0 Å². The predicted octanol–water partition coefficient (Wildman–Crippen LogP) is 4.23. The summed E-state index contributed by atoms with van der Waals surface area (Å²) in [6, 6.07) is 16.2. The van der Waals surface area contributed by atoms with E-state index in [2.05, 4.69) is 10.6 Å². The third kappa shape index (κ3) is 5.13. The highest BCUT2D eigenvalue weighted by atomic mass is 32.1. The van der Waals surface area contributed by atoms with E-state index in [0.29, 0.717) is 26.0 Å². The van der Waals surface area contributed by atoms with E-state index in [4.69, 9.17) is 4.74 Å².